The molecule has 3 aromatic carbocycles. The number of carbonyl (C=O) groups is 2. The lowest BCUT2D eigenvalue weighted by Gasteiger charge is -2.44. The zero-order valence-corrected chi connectivity index (χ0v) is 27.0. The Morgan fingerprint density at radius 2 is 1.86 bits per heavy atom. The van der Waals surface area contributed by atoms with Gasteiger partial charge >= 0.3 is 0 Å². The molecule has 2 amide bonds. The van der Waals surface area contributed by atoms with Gasteiger partial charge in [-0.05, 0) is 88.5 Å². The van der Waals surface area contributed by atoms with E-state index < -0.39 is 0 Å². The topological polar surface area (TPSA) is 61.9 Å². The van der Waals surface area contributed by atoms with Crippen molar-refractivity contribution < 1.29 is 18.7 Å². The van der Waals surface area contributed by atoms with E-state index in [1.807, 2.05) is 34.1 Å². The largest absolute Gasteiger partial charge is 0.492 e. The molecule has 1 aliphatic carbocycles. The van der Waals surface area contributed by atoms with Gasteiger partial charge in [-0.25, -0.2) is 4.39 Å². The molecule has 6 rings (SSSR count). The van der Waals surface area contributed by atoms with Crippen LogP contribution in [0.25, 0.3) is 5.57 Å². The lowest BCUT2D eigenvalue weighted by atomic mass is 9.82. The van der Waals surface area contributed by atoms with Gasteiger partial charge in [-0.2, -0.15) is 0 Å². The Morgan fingerprint density at radius 1 is 1.09 bits per heavy atom. The normalized spacial score (nSPS) is 19.6. The molecule has 1 N–H and O–H groups in total. The molecule has 230 valence electrons. The van der Waals surface area contributed by atoms with E-state index in [1.54, 1.807) is 13.0 Å². The van der Waals surface area contributed by atoms with Crippen LogP contribution in [-0.2, 0) is 22.6 Å². The summed E-state index contributed by atoms with van der Waals surface area (Å²) in [7, 11) is 0. The average molecular weight is 681 g/mol. The van der Waals surface area contributed by atoms with Gasteiger partial charge in [-0.3, -0.25) is 9.59 Å². The Labute approximate surface area is 271 Å². The van der Waals surface area contributed by atoms with Crippen molar-refractivity contribution in [2.45, 2.75) is 63.7 Å². The molecule has 0 aromatic heterocycles. The quantitative estimate of drug-likeness (QED) is 0.240. The number of piperazine rings is 1. The van der Waals surface area contributed by atoms with Gasteiger partial charge in [0.2, 0.25) is 5.91 Å². The van der Waals surface area contributed by atoms with Crippen molar-refractivity contribution in [1.29, 1.82) is 0 Å². The maximum atomic E-state index is 14.5. The van der Waals surface area contributed by atoms with Gasteiger partial charge in [0.25, 0.3) is 5.91 Å². The fourth-order valence-corrected chi connectivity index (χ4v) is 6.82. The van der Waals surface area contributed by atoms with Crippen molar-refractivity contribution in [1.82, 2.24) is 15.1 Å². The number of nitrogens with zero attached hydrogens (tertiary/aromatic N) is 2. The number of amides is 2. The summed E-state index contributed by atoms with van der Waals surface area (Å²) in [4.78, 5) is 30.7. The van der Waals surface area contributed by atoms with Crippen LogP contribution < -0.4 is 10.1 Å². The van der Waals surface area contributed by atoms with Gasteiger partial charge in [0, 0.05) is 55.3 Å². The number of ether oxygens (including phenoxy) is 1. The monoisotopic (exact) mass is 679 g/mol. The second-order valence-electron chi connectivity index (χ2n) is 11.9. The SMILES string of the molecule is CC(=O)N1CC2CC(c3ccc(CCCOc4cc(F)ccc4Br)cc3)=C(C(=O)N(Cc3ccccc3Cl)C3CC3)C(C1)N2. The summed E-state index contributed by atoms with van der Waals surface area (Å²) in [6, 6.07) is 20.6. The van der Waals surface area contributed by atoms with Gasteiger partial charge in [-0.15, -0.1) is 0 Å². The number of nitrogens with one attached hydrogen (secondary N) is 1. The van der Waals surface area contributed by atoms with Crippen molar-refractivity contribution in [2.75, 3.05) is 19.7 Å². The first-order chi connectivity index (χ1) is 21.3. The van der Waals surface area contributed by atoms with Crippen molar-refractivity contribution >= 4 is 44.9 Å². The third-order valence-electron chi connectivity index (χ3n) is 8.69. The van der Waals surface area contributed by atoms with E-state index in [1.165, 1.54) is 17.7 Å². The standard InChI is InChI=1S/C35H36BrClFN3O3/c1-22(42)40-20-27-18-29(24-10-8-23(9-11-24)5-4-16-44-33-17-26(38)12-15-30(33)36)34(32(21-40)39-27)35(43)41(28-13-14-28)19-25-6-2-3-7-31(25)37/h2-3,6-12,15,17,27-28,32,39H,4-5,13-14,16,18-21H2,1H3. The summed E-state index contributed by atoms with van der Waals surface area (Å²) in [6.07, 6.45) is 4.22. The van der Waals surface area contributed by atoms with Crippen LogP contribution in [0.15, 0.2) is 76.8 Å². The van der Waals surface area contributed by atoms with Gasteiger partial charge in [0.15, 0.2) is 0 Å². The predicted molar refractivity (Wildman–Crippen MR) is 174 cm³/mol. The highest BCUT2D eigenvalue weighted by Gasteiger charge is 2.43. The van der Waals surface area contributed by atoms with Crippen LogP contribution in [0.4, 0.5) is 4.39 Å². The lowest BCUT2D eigenvalue weighted by Crippen LogP contribution is -2.61. The summed E-state index contributed by atoms with van der Waals surface area (Å²) in [5.41, 5.74) is 4.96. The second-order valence-corrected chi connectivity index (χ2v) is 13.2. The van der Waals surface area contributed by atoms with Crippen LogP contribution >= 0.6 is 27.5 Å². The molecule has 1 saturated heterocycles. The van der Waals surface area contributed by atoms with Crippen molar-refractivity contribution in [2.24, 2.45) is 0 Å². The van der Waals surface area contributed by atoms with Gasteiger partial charge < -0.3 is 19.9 Å². The first-order valence-electron chi connectivity index (χ1n) is 15.2. The zero-order chi connectivity index (χ0) is 30.8. The molecular weight excluding hydrogens is 645 g/mol. The number of aryl methyl sites for hydroxylation is 1. The molecule has 3 aromatic rings. The third kappa shape index (κ3) is 7.03. The molecule has 1 saturated carbocycles. The number of hydrogen-bond donors (Lipinski definition) is 1. The number of fused-ring (bicyclic) bond motifs is 2. The molecule has 2 fully saturated rings. The van der Waals surface area contributed by atoms with Crippen LogP contribution in [0.2, 0.25) is 5.02 Å². The van der Waals surface area contributed by atoms with Crippen LogP contribution in [0.3, 0.4) is 0 Å². The van der Waals surface area contributed by atoms with Gasteiger partial charge in [0.1, 0.15) is 11.6 Å². The fraction of sp³-hybridized carbons (Fsp3) is 0.371. The summed E-state index contributed by atoms with van der Waals surface area (Å²) >= 11 is 9.92. The molecule has 2 atom stereocenters. The van der Waals surface area contributed by atoms with Gasteiger partial charge in [0.05, 0.1) is 17.1 Å². The fourth-order valence-electron chi connectivity index (χ4n) is 6.26. The maximum absolute atomic E-state index is 14.5. The number of benzene rings is 3. The second kappa shape index (κ2) is 13.4. The minimum Gasteiger partial charge on any atom is -0.492 e. The average Bonchev–Trinajstić information content (AvgIpc) is 3.85. The van der Waals surface area contributed by atoms with Crippen molar-refractivity contribution in [3.8, 4) is 5.75 Å². The highest BCUT2D eigenvalue weighted by atomic mass is 79.9. The Hall–Kier alpha value is -3.20. The van der Waals surface area contributed by atoms with E-state index in [9.17, 15) is 14.0 Å². The highest BCUT2D eigenvalue weighted by Crippen LogP contribution is 2.38. The number of hydrogen-bond acceptors (Lipinski definition) is 4. The van der Waals surface area contributed by atoms with Crippen LogP contribution in [0, 0.1) is 5.82 Å². The van der Waals surface area contributed by atoms with Crippen LogP contribution in [0.5, 0.6) is 5.75 Å². The third-order valence-corrected chi connectivity index (χ3v) is 9.71. The van der Waals surface area contributed by atoms with Crippen molar-refractivity contribution in [3.63, 3.8) is 0 Å². The minimum absolute atomic E-state index is 0.0218. The van der Waals surface area contributed by atoms with Crippen molar-refractivity contribution in [3.05, 3.63) is 104 Å². The lowest BCUT2D eigenvalue weighted by molar-refractivity contribution is -0.132. The van der Waals surface area contributed by atoms with E-state index in [4.69, 9.17) is 16.3 Å². The predicted octanol–water partition coefficient (Wildman–Crippen LogP) is 6.79. The molecule has 0 spiro atoms. The molecule has 6 nitrogen and oxygen atoms in total. The summed E-state index contributed by atoms with van der Waals surface area (Å²) < 4.78 is 20.1. The molecule has 2 unspecified atom stereocenters. The molecule has 2 bridgehead atoms. The number of halogens is 3. The first-order valence-corrected chi connectivity index (χ1v) is 16.4. The molecule has 2 heterocycles. The molecule has 3 aliphatic rings. The van der Waals surface area contributed by atoms with Gasteiger partial charge in [-0.1, -0.05) is 54.1 Å². The molecule has 0 radical (unpaired) electrons. The van der Waals surface area contributed by atoms with E-state index in [0.29, 0.717) is 43.4 Å². The number of carbonyl (C=O) groups excluding carboxylic acids is 2. The zero-order valence-electron chi connectivity index (χ0n) is 24.7. The summed E-state index contributed by atoms with van der Waals surface area (Å²) in [5.74, 6) is 0.226. The molecule has 2 aliphatic heterocycles. The molecular formula is C35H36BrClFN3O3. The molecule has 9 heteroatoms. The smallest absolute Gasteiger partial charge is 0.252 e. The Bertz CT molecular complexity index is 1580. The summed E-state index contributed by atoms with van der Waals surface area (Å²) in [6.45, 7) is 3.63. The highest BCUT2D eigenvalue weighted by molar-refractivity contribution is 9.10. The minimum atomic E-state index is -0.328. The summed E-state index contributed by atoms with van der Waals surface area (Å²) in [5, 5.41) is 4.32. The van der Waals surface area contributed by atoms with E-state index in [0.717, 1.165) is 52.4 Å². The van der Waals surface area contributed by atoms with E-state index in [2.05, 4.69) is 45.5 Å². The molecule has 44 heavy (non-hydrogen) atoms. The van der Waals surface area contributed by atoms with E-state index >= 15 is 0 Å². The van der Waals surface area contributed by atoms with E-state index in [-0.39, 0.29) is 35.8 Å². The Balaban J connectivity index is 1.23. The van der Waals surface area contributed by atoms with Crippen LogP contribution in [0.1, 0.15) is 49.3 Å². The van der Waals surface area contributed by atoms with Crippen LogP contribution in [-0.4, -0.2) is 59.4 Å². The Morgan fingerprint density at radius 3 is 2.59 bits per heavy atom. The first kappa shape index (κ1) is 30.8. The maximum Gasteiger partial charge on any atom is 0.252 e. The Kier molecular flexibility index (Phi) is 9.40. The number of rotatable bonds is 10.